The second-order valence-corrected chi connectivity index (χ2v) is 8.43. The third-order valence-electron chi connectivity index (χ3n) is 4.14. The molecule has 0 radical (unpaired) electrons. The third-order valence-corrected chi connectivity index (χ3v) is 5.68. The molecule has 0 bridgehead atoms. The molecular weight excluding hydrogens is 328 g/mol. The molecule has 1 aliphatic rings. The molecule has 1 N–H and O–H groups in total. The fourth-order valence-corrected chi connectivity index (χ4v) is 4.38. The Balaban J connectivity index is 1.93. The summed E-state index contributed by atoms with van der Waals surface area (Å²) in [6.45, 7) is 7.82. The lowest BCUT2D eigenvalue weighted by molar-refractivity contribution is -0.133. The highest BCUT2D eigenvalue weighted by molar-refractivity contribution is 7.89. The van der Waals surface area contributed by atoms with Crippen molar-refractivity contribution in [1.29, 1.82) is 0 Å². The van der Waals surface area contributed by atoms with Crippen molar-refractivity contribution in [2.45, 2.75) is 64.1 Å². The fraction of sp³-hybridized carbons (Fsp3) is 0.750. The molecule has 0 saturated carbocycles. The normalized spacial score (nSPS) is 16.8. The summed E-state index contributed by atoms with van der Waals surface area (Å²) < 4.78 is 29.4. The molecule has 1 aliphatic heterocycles. The smallest absolute Gasteiger partial charge is 0.257 e. The average Bonchev–Trinajstić information content (AvgIpc) is 2.96. The van der Waals surface area contributed by atoms with Crippen molar-refractivity contribution in [2.75, 3.05) is 13.1 Å². The molecule has 1 aromatic heterocycles. The summed E-state index contributed by atoms with van der Waals surface area (Å²) >= 11 is 0. The second kappa shape index (κ2) is 8.11. The maximum Gasteiger partial charge on any atom is 0.257 e. The Labute approximate surface area is 144 Å². The summed E-state index contributed by atoms with van der Waals surface area (Å²) in [4.78, 5) is 13.9. The largest absolute Gasteiger partial charge is 0.343 e. The number of sulfonamides is 1. The van der Waals surface area contributed by atoms with Gasteiger partial charge in [-0.1, -0.05) is 20.8 Å². The van der Waals surface area contributed by atoms with Crippen LogP contribution in [0.25, 0.3) is 0 Å². The van der Waals surface area contributed by atoms with E-state index in [2.05, 4.69) is 9.82 Å². The third kappa shape index (κ3) is 4.80. The van der Waals surface area contributed by atoms with Gasteiger partial charge in [-0.2, -0.15) is 5.10 Å². The SMILES string of the molecule is CCCn1nccc1S(=O)(=O)NC1CCN(C(=O)CC(C)C)CC1. The van der Waals surface area contributed by atoms with E-state index in [1.165, 1.54) is 16.9 Å². The van der Waals surface area contributed by atoms with Crippen LogP contribution in [-0.4, -0.2) is 48.1 Å². The van der Waals surface area contributed by atoms with Gasteiger partial charge in [-0.15, -0.1) is 0 Å². The van der Waals surface area contributed by atoms with Crippen molar-refractivity contribution in [3.05, 3.63) is 12.3 Å². The Bertz CT molecular complexity index is 646. The van der Waals surface area contributed by atoms with Gasteiger partial charge in [-0.25, -0.2) is 13.1 Å². The van der Waals surface area contributed by atoms with Crippen LogP contribution in [0.3, 0.4) is 0 Å². The zero-order chi connectivity index (χ0) is 17.7. The van der Waals surface area contributed by atoms with Gasteiger partial charge in [0.15, 0.2) is 5.03 Å². The number of nitrogens with zero attached hydrogens (tertiary/aromatic N) is 3. The fourth-order valence-electron chi connectivity index (χ4n) is 2.93. The summed E-state index contributed by atoms with van der Waals surface area (Å²) in [6, 6.07) is 1.39. The summed E-state index contributed by atoms with van der Waals surface area (Å²) in [5, 5.41) is 4.28. The number of aryl methyl sites for hydroxylation is 1. The number of rotatable bonds is 7. The molecule has 1 amide bonds. The number of carbonyl (C=O) groups excluding carboxylic acids is 1. The van der Waals surface area contributed by atoms with Gasteiger partial charge in [0.1, 0.15) is 0 Å². The molecule has 1 fully saturated rings. The zero-order valence-corrected chi connectivity index (χ0v) is 15.6. The molecule has 0 aromatic carbocycles. The van der Waals surface area contributed by atoms with E-state index in [1.54, 1.807) is 0 Å². The number of hydrogen-bond acceptors (Lipinski definition) is 4. The molecule has 0 spiro atoms. The van der Waals surface area contributed by atoms with Crippen molar-refractivity contribution in [3.63, 3.8) is 0 Å². The van der Waals surface area contributed by atoms with Gasteiger partial charge in [0.2, 0.25) is 5.91 Å². The molecule has 0 aliphatic carbocycles. The number of hydrogen-bond donors (Lipinski definition) is 1. The van der Waals surface area contributed by atoms with Crippen molar-refractivity contribution < 1.29 is 13.2 Å². The van der Waals surface area contributed by atoms with Gasteiger partial charge < -0.3 is 4.90 Å². The minimum Gasteiger partial charge on any atom is -0.343 e. The maximum atomic E-state index is 12.6. The second-order valence-electron chi connectivity index (χ2n) is 6.77. The van der Waals surface area contributed by atoms with Gasteiger partial charge in [0.25, 0.3) is 10.0 Å². The Hall–Kier alpha value is -1.41. The molecule has 0 atom stereocenters. The van der Waals surface area contributed by atoms with Gasteiger partial charge in [-0.3, -0.25) is 9.48 Å². The minimum atomic E-state index is -3.58. The Kier molecular flexibility index (Phi) is 6.40. The molecule has 2 rings (SSSR count). The van der Waals surface area contributed by atoms with E-state index >= 15 is 0 Å². The Morgan fingerprint density at radius 2 is 2.04 bits per heavy atom. The lowest BCUT2D eigenvalue weighted by atomic mass is 10.0. The van der Waals surface area contributed by atoms with Crippen LogP contribution in [-0.2, 0) is 21.4 Å². The molecule has 8 heteroatoms. The van der Waals surface area contributed by atoms with Gasteiger partial charge in [-0.05, 0) is 31.2 Å². The quantitative estimate of drug-likeness (QED) is 0.804. The highest BCUT2D eigenvalue weighted by Crippen LogP contribution is 2.17. The minimum absolute atomic E-state index is 0.136. The zero-order valence-electron chi connectivity index (χ0n) is 14.7. The predicted octanol–water partition coefficient (Wildman–Crippen LogP) is 1.61. The van der Waals surface area contributed by atoms with Crippen LogP contribution < -0.4 is 4.72 Å². The predicted molar refractivity (Wildman–Crippen MR) is 91.9 cm³/mol. The van der Waals surface area contributed by atoms with Crippen LogP contribution in [0, 0.1) is 5.92 Å². The van der Waals surface area contributed by atoms with Crippen LogP contribution in [0.15, 0.2) is 17.3 Å². The van der Waals surface area contributed by atoms with E-state index in [-0.39, 0.29) is 17.0 Å². The molecule has 24 heavy (non-hydrogen) atoms. The maximum absolute atomic E-state index is 12.6. The topological polar surface area (TPSA) is 84.3 Å². The highest BCUT2D eigenvalue weighted by atomic mass is 32.2. The number of nitrogens with one attached hydrogen (secondary N) is 1. The van der Waals surface area contributed by atoms with Gasteiger partial charge in [0, 0.05) is 32.1 Å². The first-order valence-electron chi connectivity index (χ1n) is 8.65. The first-order chi connectivity index (χ1) is 11.3. The monoisotopic (exact) mass is 356 g/mol. The van der Waals surface area contributed by atoms with Crippen molar-refractivity contribution in [3.8, 4) is 0 Å². The van der Waals surface area contributed by atoms with E-state index in [0.29, 0.717) is 44.8 Å². The van der Waals surface area contributed by atoms with E-state index < -0.39 is 10.0 Å². The van der Waals surface area contributed by atoms with Crippen LogP contribution >= 0.6 is 0 Å². The van der Waals surface area contributed by atoms with E-state index in [1.807, 2.05) is 25.7 Å². The molecular formula is C16H28N4O3S. The number of likely N-dealkylation sites (tertiary alicyclic amines) is 1. The summed E-state index contributed by atoms with van der Waals surface area (Å²) in [7, 11) is -3.58. The molecule has 1 aromatic rings. The van der Waals surface area contributed by atoms with Crippen molar-refractivity contribution >= 4 is 15.9 Å². The first kappa shape index (κ1) is 18.9. The van der Waals surface area contributed by atoms with Crippen LogP contribution in [0.4, 0.5) is 0 Å². The molecule has 7 nitrogen and oxygen atoms in total. The van der Waals surface area contributed by atoms with Crippen LogP contribution in [0.5, 0.6) is 0 Å². The number of carbonyl (C=O) groups is 1. The Morgan fingerprint density at radius 3 is 2.62 bits per heavy atom. The Morgan fingerprint density at radius 1 is 1.38 bits per heavy atom. The molecule has 1 saturated heterocycles. The average molecular weight is 356 g/mol. The van der Waals surface area contributed by atoms with Crippen molar-refractivity contribution in [1.82, 2.24) is 19.4 Å². The van der Waals surface area contributed by atoms with E-state index in [9.17, 15) is 13.2 Å². The summed E-state index contributed by atoms with van der Waals surface area (Å²) in [6.07, 6.45) is 4.17. The van der Waals surface area contributed by atoms with E-state index in [4.69, 9.17) is 0 Å². The van der Waals surface area contributed by atoms with Crippen LogP contribution in [0.1, 0.15) is 46.5 Å². The number of amides is 1. The van der Waals surface area contributed by atoms with Crippen molar-refractivity contribution in [2.24, 2.45) is 5.92 Å². The standard InChI is InChI=1S/C16H28N4O3S/c1-4-9-20-16(5-8-17-20)24(22,23)18-14-6-10-19(11-7-14)15(21)12-13(2)3/h5,8,13-14,18H,4,6-7,9-12H2,1-3H3. The highest BCUT2D eigenvalue weighted by Gasteiger charge is 2.28. The van der Waals surface area contributed by atoms with E-state index in [0.717, 1.165) is 6.42 Å². The molecule has 2 heterocycles. The lowest BCUT2D eigenvalue weighted by Gasteiger charge is -2.32. The summed E-state index contributed by atoms with van der Waals surface area (Å²) in [5.74, 6) is 0.500. The lowest BCUT2D eigenvalue weighted by Crippen LogP contribution is -2.46. The van der Waals surface area contributed by atoms with Crippen LogP contribution in [0.2, 0.25) is 0 Å². The van der Waals surface area contributed by atoms with Gasteiger partial charge in [0.05, 0.1) is 6.20 Å². The number of piperidine rings is 1. The number of aromatic nitrogens is 2. The molecule has 0 unspecified atom stereocenters. The molecule has 136 valence electrons. The summed E-state index contributed by atoms with van der Waals surface area (Å²) in [5.41, 5.74) is 0. The first-order valence-corrected chi connectivity index (χ1v) is 10.1. The van der Waals surface area contributed by atoms with Gasteiger partial charge >= 0.3 is 0 Å².